The van der Waals surface area contributed by atoms with Crippen molar-refractivity contribution < 1.29 is 13.2 Å². The summed E-state index contributed by atoms with van der Waals surface area (Å²) in [7, 11) is 0. The summed E-state index contributed by atoms with van der Waals surface area (Å²) in [6, 6.07) is 2.52. The van der Waals surface area contributed by atoms with E-state index in [2.05, 4.69) is 15.0 Å². The standard InChI is InChI=1S/C18H16F3N5S2/c1-7-5-12(18(19,20)21)11(6-22)16(24-7)28-10(4)15-25-14(23)13-8(2)9(3)27-17(13)26-15/h5,10H,1-4H3,(H2,23,25,26)/t10-/m1/s1. The number of hydrogen-bond donors (Lipinski definition) is 1. The smallest absolute Gasteiger partial charge is 0.383 e. The van der Waals surface area contributed by atoms with E-state index >= 15 is 0 Å². The van der Waals surface area contributed by atoms with Gasteiger partial charge >= 0.3 is 6.18 Å². The molecule has 1 atom stereocenters. The Balaban J connectivity index is 2.04. The lowest BCUT2D eigenvalue weighted by Crippen LogP contribution is -2.11. The van der Waals surface area contributed by atoms with Gasteiger partial charge in [0, 0.05) is 10.6 Å². The van der Waals surface area contributed by atoms with Crippen LogP contribution in [0.25, 0.3) is 10.2 Å². The van der Waals surface area contributed by atoms with E-state index in [9.17, 15) is 18.4 Å². The molecule has 0 saturated carbocycles. The van der Waals surface area contributed by atoms with Gasteiger partial charge in [-0.15, -0.1) is 11.3 Å². The highest BCUT2D eigenvalue weighted by Gasteiger charge is 2.36. The number of halogens is 3. The number of rotatable bonds is 3. The second-order valence-corrected chi connectivity index (χ2v) is 8.82. The van der Waals surface area contributed by atoms with E-state index in [0.717, 1.165) is 38.5 Å². The normalized spacial score (nSPS) is 12.9. The van der Waals surface area contributed by atoms with Crippen molar-refractivity contribution in [1.82, 2.24) is 15.0 Å². The van der Waals surface area contributed by atoms with Crippen LogP contribution in [0.4, 0.5) is 19.0 Å². The monoisotopic (exact) mass is 423 g/mol. The fourth-order valence-electron chi connectivity index (χ4n) is 2.76. The quantitative estimate of drug-likeness (QED) is 0.572. The molecule has 0 aliphatic heterocycles. The molecule has 0 amide bonds. The molecule has 2 N–H and O–H groups in total. The maximum atomic E-state index is 13.3. The van der Waals surface area contributed by atoms with Crippen molar-refractivity contribution in [3.63, 3.8) is 0 Å². The van der Waals surface area contributed by atoms with Gasteiger partial charge in [-0.25, -0.2) is 15.0 Å². The Morgan fingerprint density at radius 3 is 2.50 bits per heavy atom. The summed E-state index contributed by atoms with van der Waals surface area (Å²) in [5.41, 5.74) is 5.81. The number of hydrogen-bond acceptors (Lipinski definition) is 7. The Morgan fingerprint density at radius 1 is 1.21 bits per heavy atom. The van der Waals surface area contributed by atoms with Crippen LogP contribution in [0, 0.1) is 32.1 Å². The molecule has 0 unspecified atom stereocenters. The number of anilines is 1. The molecule has 3 heterocycles. The van der Waals surface area contributed by atoms with Gasteiger partial charge in [-0.2, -0.15) is 18.4 Å². The van der Waals surface area contributed by atoms with Gasteiger partial charge in [-0.3, -0.25) is 0 Å². The first kappa shape index (κ1) is 20.4. The highest BCUT2D eigenvalue weighted by atomic mass is 32.2. The maximum Gasteiger partial charge on any atom is 0.417 e. The molecule has 3 aromatic rings. The van der Waals surface area contributed by atoms with Crippen molar-refractivity contribution >= 4 is 39.1 Å². The Hall–Kier alpha value is -2.38. The second-order valence-electron chi connectivity index (χ2n) is 6.29. The van der Waals surface area contributed by atoms with Gasteiger partial charge in [0.25, 0.3) is 0 Å². The number of nitrogens with two attached hydrogens (primary N) is 1. The van der Waals surface area contributed by atoms with Crippen molar-refractivity contribution in [2.24, 2.45) is 0 Å². The lowest BCUT2D eigenvalue weighted by molar-refractivity contribution is -0.138. The topological polar surface area (TPSA) is 88.5 Å². The van der Waals surface area contributed by atoms with Crippen LogP contribution < -0.4 is 5.73 Å². The number of thioether (sulfide) groups is 1. The van der Waals surface area contributed by atoms with Gasteiger partial charge < -0.3 is 5.73 Å². The summed E-state index contributed by atoms with van der Waals surface area (Å²) >= 11 is 2.50. The number of thiophene rings is 1. The van der Waals surface area contributed by atoms with E-state index in [1.54, 1.807) is 13.0 Å². The lowest BCUT2D eigenvalue weighted by atomic mass is 10.1. The molecule has 5 nitrogen and oxygen atoms in total. The van der Waals surface area contributed by atoms with Crippen LogP contribution in [0.3, 0.4) is 0 Å². The number of aryl methyl sites for hydroxylation is 3. The van der Waals surface area contributed by atoms with Crippen molar-refractivity contribution in [1.29, 1.82) is 5.26 Å². The van der Waals surface area contributed by atoms with Gasteiger partial charge in [0.05, 0.1) is 21.8 Å². The predicted molar refractivity (Wildman–Crippen MR) is 104 cm³/mol. The molecular formula is C18H16F3N5S2. The minimum Gasteiger partial charge on any atom is -0.383 e. The van der Waals surface area contributed by atoms with Gasteiger partial charge in [-0.1, -0.05) is 11.8 Å². The lowest BCUT2D eigenvalue weighted by Gasteiger charge is -2.15. The molecule has 0 spiro atoms. The van der Waals surface area contributed by atoms with Gasteiger partial charge in [-0.05, 0) is 39.3 Å². The molecule has 28 heavy (non-hydrogen) atoms. The number of alkyl halides is 3. The largest absolute Gasteiger partial charge is 0.417 e. The van der Waals surface area contributed by atoms with Crippen molar-refractivity contribution in [2.45, 2.75) is 44.1 Å². The Morgan fingerprint density at radius 2 is 1.89 bits per heavy atom. The van der Waals surface area contributed by atoms with E-state index in [0.29, 0.717) is 11.6 Å². The first-order valence-electron chi connectivity index (χ1n) is 8.21. The SMILES string of the molecule is Cc1cc(C(F)(F)F)c(C#N)c(S[C@H](C)c2nc(N)c3c(C)c(C)sc3n2)n1. The molecular weight excluding hydrogens is 407 g/mol. The molecule has 0 aromatic carbocycles. The average Bonchev–Trinajstić information content (AvgIpc) is 2.88. The summed E-state index contributed by atoms with van der Waals surface area (Å²) in [6.45, 7) is 7.12. The van der Waals surface area contributed by atoms with Crippen molar-refractivity contribution in [3.05, 3.63) is 39.2 Å². The highest BCUT2D eigenvalue weighted by molar-refractivity contribution is 7.99. The van der Waals surface area contributed by atoms with Crippen LogP contribution in [-0.2, 0) is 6.18 Å². The highest BCUT2D eigenvalue weighted by Crippen LogP contribution is 2.41. The van der Waals surface area contributed by atoms with Crippen LogP contribution >= 0.6 is 23.1 Å². The van der Waals surface area contributed by atoms with E-state index in [-0.39, 0.29) is 10.7 Å². The van der Waals surface area contributed by atoms with Crippen LogP contribution in [0.15, 0.2) is 11.1 Å². The van der Waals surface area contributed by atoms with E-state index < -0.39 is 22.6 Å². The summed E-state index contributed by atoms with van der Waals surface area (Å²) in [5.74, 6) is 0.722. The molecule has 3 rings (SSSR count). The second kappa shape index (κ2) is 7.22. The van der Waals surface area contributed by atoms with E-state index in [1.165, 1.54) is 18.3 Å². The first-order valence-corrected chi connectivity index (χ1v) is 9.91. The van der Waals surface area contributed by atoms with E-state index in [1.807, 2.05) is 13.8 Å². The summed E-state index contributed by atoms with van der Waals surface area (Å²) in [6.07, 6.45) is -4.64. The molecule has 0 saturated heterocycles. The van der Waals surface area contributed by atoms with E-state index in [4.69, 9.17) is 5.73 Å². The summed E-state index contributed by atoms with van der Waals surface area (Å²) in [4.78, 5) is 14.8. The number of nitrogens with zero attached hydrogens (tertiary/aromatic N) is 4. The Bertz CT molecular complexity index is 1120. The number of fused-ring (bicyclic) bond motifs is 1. The van der Waals surface area contributed by atoms with Crippen LogP contribution in [0.2, 0.25) is 0 Å². The van der Waals surface area contributed by atoms with Crippen molar-refractivity contribution in [2.75, 3.05) is 5.73 Å². The number of aromatic nitrogens is 3. The van der Waals surface area contributed by atoms with Crippen LogP contribution in [0.1, 0.15) is 45.3 Å². The molecule has 0 aliphatic rings. The molecule has 0 radical (unpaired) electrons. The molecule has 3 aromatic heterocycles. The Kier molecular flexibility index (Phi) is 5.25. The molecule has 0 fully saturated rings. The van der Waals surface area contributed by atoms with Crippen LogP contribution in [0.5, 0.6) is 0 Å². The zero-order chi connectivity index (χ0) is 20.8. The number of nitrogen functional groups attached to an aromatic ring is 1. The molecule has 0 bridgehead atoms. The first-order chi connectivity index (χ1) is 13.0. The fourth-order valence-corrected chi connectivity index (χ4v) is 4.82. The Labute approximate surface area is 167 Å². The average molecular weight is 423 g/mol. The van der Waals surface area contributed by atoms with Gasteiger partial charge in [0.2, 0.25) is 0 Å². The fraction of sp³-hybridized carbons (Fsp3) is 0.333. The van der Waals surface area contributed by atoms with Crippen LogP contribution in [-0.4, -0.2) is 15.0 Å². The summed E-state index contributed by atoms with van der Waals surface area (Å²) in [5, 5.41) is 9.66. The van der Waals surface area contributed by atoms with Gasteiger partial charge in [0.1, 0.15) is 27.6 Å². The molecule has 0 aliphatic carbocycles. The third-order valence-electron chi connectivity index (χ3n) is 4.26. The number of nitriles is 1. The number of pyridine rings is 1. The molecule has 146 valence electrons. The maximum absolute atomic E-state index is 13.3. The summed E-state index contributed by atoms with van der Waals surface area (Å²) < 4.78 is 39.9. The third-order valence-corrected chi connectivity index (χ3v) is 6.44. The minimum atomic E-state index is -4.64. The zero-order valence-electron chi connectivity index (χ0n) is 15.5. The minimum absolute atomic E-state index is 0.00290. The van der Waals surface area contributed by atoms with Crippen molar-refractivity contribution in [3.8, 4) is 6.07 Å². The predicted octanol–water partition coefficient (Wildman–Crippen LogP) is 5.34. The third kappa shape index (κ3) is 3.64. The molecule has 10 heteroatoms. The van der Waals surface area contributed by atoms with Gasteiger partial charge in [0.15, 0.2) is 0 Å². The zero-order valence-corrected chi connectivity index (χ0v) is 17.1.